The molecule has 0 aliphatic heterocycles. The second kappa shape index (κ2) is 6.56. The molecule has 0 radical (unpaired) electrons. The zero-order chi connectivity index (χ0) is 10.3. The fourth-order valence-electron chi connectivity index (χ4n) is 1.09. The van der Waals surface area contributed by atoms with E-state index in [-0.39, 0.29) is 0 Å². The van der Waals surface area contributed by atoms with Gasteiger partial charge in [0.25, 0.3) is 0 Å². The minimum Gasteiger partial charge on any atom is -0.307 e. The van der Waals surface area contributed by atoms with E-state index >= 15 is 0 Å². The normalized spacial score (nSPS) is 12.2. The number of carbonyl (C=O) groups excluding carboxylic acids is 2. The second-order valence-corrected chi connectivity index (χ2v) is 2.74. The Morgan fingerprint density at radius 1 is 1.38 bits per heavy atom. The van der Waals surface area contributed by atoms with Crippen molar-refractivity contribution in [2.24, 2.45) is 5.84 Å². The van der Waals surface area contributed by atoms with Crippen LogP contribution in [0.15, 0.2) is 0 Å². The fraction of sp³-hybridized carbons (Fsp3) is 0.750. The second-order valence-electron chi connectivity index (χ2n) is 2.74. The van der Waals surface area contributed by atoms with Gasteiger partial charge in [-0.2, -0.15) is 0 Å². The lowest BCUT2D eigenvalue weighted by Gasteiger charge is -2.13. The number of hydrogen-bond donors (Lipinski definition) is 3. The van der Waals surface area contributed by atoms with Gasteiger partial charge in [-0.1, -0.05) is 20.3 Å². The van der Waals surface area contributed by atoms with Crippen molar-refractivity contribution in [3.05, 3.63) is 0 Å². The Kier molecular flexibility index (Phi) is 6.09. The van der Waals surface area contributed by atoms with Gasteiger partial charge in [0.05, 0.1) is 6.04 Å². The maximum atomic E-state index is 11.3. The highest BCUT2D eigenvalue weighted by molar-refractivity contribution is 6.37. The first-order valence-electron chi connectivity index (χ1n) is 4.45. The molecule has 4 N–H and O–H groups in total. The number of Topliss-reactive ketones (excluding diaryl/α,β-unsaturated/α-hetero) is 1. The predicted octanol–water partition coefficient (Wildman–Crippen LogP) is -0.676. The third kappa shape index (κ3) is 4.00. The number of carbonyl (C=O) groups is 2. The Hall–Kier alpha value is -0.940. The highest BCUT2D eigenvalue weighted by atomic mass is 16.2. The topological polar surface area (TPSA) is 84.2 Å². The maximum Gasteiger partial charge on any atom is 0.302 e. The molecule has 0 heterocycles. The van der Waals surface area contributed by atoms with Crippen LogP contribution in [-0.2, 0) is 9.59 Å². The summed E-state index contributed by atoms with van der Waals surface area (Å²) in [5.41, 5.74) is 1.83. The van der Waals surface area contributed by atoms with Crippen molar-refractivity contribution in [1.29, 1.82) is 0 Å². The summed E-state index contributed by atoms with van der Waals surface area (Å²) in [6.45, 7) is 4.50. The van der Waals surface area contributed by atoms with E-state index in [2.05, 4.69) is 5.32 Å². The van der Waals surface area contributed by atoms with Crippen LogP contribution in [0.3, 0.4) is 0 Å². The highest BCUT2D eigenvalue weighted by Crippen LogP contribution is 1.97. The Morgan fingerprint density at radius 3 is 2.38 bits per heavy atom. The monoisotopic (exact) mass is 187 g/mol. The summed E-state index contributed by atoms with van der Waals surface area (Å²) in [6, 6.07) is -0.404. The van der Waals surface area contributed by atoms with Gasteiger partial charge in [-0.05, 0) is 13.0 Å². The van der Waals surface area contributed by atoms with Crippen molar-refractivity contribution in [2.75, 3.05) is 6.54 Å². The molecule has 1 amide bonds. The number of nitrogens with one attached hydrogen (secondary N) is 2. The molecule has 0 saturated heterocycles. The largest absolute Gasteiger partial charge is 0.307 e. The lowest BCUT2D eigenvalue weighted by molar-refractivity contribution is -0.139. The molecule has 13 heavy (non-hydrogen) atoms. The van der Waals surface area contributed by atoms with E-state index in [1.807, 2.05) is 19.3 Å². The van der Waals surface area contributed by atoms with E-state index in [4.69, 9.17) is 5.84 Å². The first-order chi connectivity index (χ1) is 6.17. The third-order valence-electron chi connectivity index (χ3n) is 1.70. The summed E-state index contributed by atoms with van der Waals surface area (Å²) in [7, 11) is 0. The van der Waals surface area contributed by atoms with Crippen LogP contribution < -0.4 is 16.6 Å². The number of rotatable bonds is 6. The predicted molar refractivity (Wildman–Crippen MR) is 49.7 cm³/mol. The van der Waals surface area contributed by atoms with Gasteiger partial charge in [-0.3, -0.25) is 15.0 Å². The molecule has 0 spiro atoms. The zero-order valence-corrected chi connectivity index (χ0v) is 8.09. The molecular weight excluding hydrogens is 170 g/mol. The van der Waals surface area contributed by atoms with Gasteiger partial charge in [-0.15, -0.1) is 0 Å². The maximum absolute atomic E-state index is 11.3. The molecule has 76 valence electrons. The average molecular weight is 187 g/mol. The van der Waals surface area contributed by atoms with Crippen LogP contribution in [0.25, 0.3) is 0 Å². The Bertz CT molecular complexity index is 176. The van der Waals surface area contributed by atoms with Crippen LogP contribution in [0.2, 0.25) is 0 Å². The Labute approximate surface area is 78.0 Å². The molecule has 0 fully saturated rings. The zero-order valence-electron chi connectivity index (χ0n) is 8.09. The first kappa shape index (κ1) is 12.1. The van der Waals surface area contributed by atoms with Crippen LogP contribution >= 0.6 is 0 Å². The summed E-state index contributed by atoms with van der Waals surface area (Å²) < 4.78 is 0. The molecular formula is C8H17N3O2. The molecule has 0 saturated carbocycles. The van der Waals surface area contributed by atoms with Crippen molar-refractivity contribution in [2.45, 2.75) is 32.7 Å². The van der Waals surface area contributed by atoms with Gasteiger partial charge in [0, 0.05) is 0 Å². The van der Waals surface area contributed by atoms with E-state index in [1.54, 1.807) is 0 Å². The van der Waals surface area contributed by atoms with E-state index in [0.717, 1.165) is 6.42 Å². The number of amides is 1. The van der Waals surface area contributed by atoms with Crippen LogP contribution in [0.5, 0.6) is 0 Å². The minimum atomic E-state index is -0.737. The molecule has 0 aliphatic carbocycles. The van der Waals surface area contributed by atoms with Gasteiger partial charge in [-0.25, -0.2) is 5.84 Å². The molecule has 0 aromatic rings. The van der Waals surface area contributed by atoms with E-state index in [1.165, 1.54) is 0 Å². The Morgan fingerprint density at radius 2 is 2.00 bits per heavy atom. The average Bonchev–Trinajstić information content (AvgIpc) is 2.15. The third-order valence-corrected chi connectivity index (χ3v) is 1.70. The fourth-order valence-corrected chi connectivity index (χ4v) is 1.09. The van der Waals surface area contributed by atoms with Crippen molar-refractivity contribution < 1.29 is 9.59 Å². The summed E-state index contributed by atoms with van der Waals surface area (Å²) in [6.07, 6.45) is 1.50. The van der Waals surface area contributed by atoms with Crippen molar-refractivity contribution in [3.8, 4) is 0 Å². The van der Waals surface area contributed by atoms with Gasteiger partial charge in [0.15, 0.2) is 0 Å². The molecule has 5 heteroatoms. The van der Waals surface area contributed by atoms with Crippen molar-refractivity contribution in [1.82, 2.24) is 10.7 Å². The van der Waals surface area contributed by atoms with E-state index in [0.29, 0.717) is 13.0 Å². The standard InChI is InChI=1S/C8H17N3O2/c1-3-5-6(10-4-2)7(12)8(13)11-9/h6,10H,3-5,9H2,1-2H3,(H,11,13). The number of hydrazine groups is 1. The smallest absolute Gasteiger partial charge is 0.302 e. The summed E-state index contributed by atoms with van der Waals surface area (Å²) in [5, 5.41) is 2.93. The van der Waals surface area contributed by atoms with Gasteiger partial charge in [0.1, 0.15) is 0 Å². The molecule has 0 aliphatic rings. The van der Waals surface area contributed by atoms with Gasteiger partial charge < -0.3 is 5.32 Å². The van der Waals surface area contributed by atoms with Crippen molar-refractivity contribution in [3.63, 3.8) is 0 Å². The highest BCUT2D eigenvalue weighted by Gasteiger charge is 2.22. The van der Waals surface area contributed by atoms with Gasteiger partial charge >= 0.3 is 5.91 Å². The Balaban J connectivity index is 4.18. The van der Waals surface area contributed by atoms with Crippen LogP contribution in [0, 0.1) is 0 Å². The van der Waals surface area contributed by atoms with Crippen LogP contribution in [0.1, 0.15) is 26.7 Å². The summed E-state index contributed by atoms with van der Waals surface area (Å²) in [4.78, 5) is 22.2. The molecule has 0 aromatic carbocycles. The quantitative estimate of drug-likeness (QED) is 0.223. The summed E-state index contributed by atoms with van der Waals surface area (Å²) in [5.74, 6) is 3.62. The lowest BCUT2D eigenvalue weighted by Crippen LogP contribution is -2.47. The molecule has 0 aromatic heterocycles. The molecule has 5 nitrogen and oxygen atoms in total. The molecule has 0 rings (SSSR count). The molecule has 1 atom stereocenters. The van der Waals surface area contributed by atoms with Crippen molar-refractivity contribution >= 4 is 11.7 Å². The summed E-state index contributed by atoms with van der Waals surface area (Å²) >= 11 is 0. The number of likely N-dealkylation sites (N-methyl/N-ethyl adjacent to an activating group) is 1. The number of nitrogens with two attached hydrogens (primary N) is 1. The van der Waals surface area contributed by atoms with Crippen LogP contribution in [0.4, 0.5) is 0 Å². The van der Waals surface area contributed by atoms with Crippen LogP contribution in [-0.4, -0.2) is 24.3 Å². The minimum absolute atomic E-state index is 0.404. The number of ketones is 1. The van der Waals surface area contributed by atoms with E-state index in [9.17, 15) is 9.59 Å². The SMILES string of the molecule is CCCC(NCC)C(=O)C(=O)NN. The number of hydrogen-bond acceptors (Lipinski definition) is 4. The van der Waals surface area contributed by atoms with Gasteiger partial charge in [0.2, 0.25) is 5.78 Å². The molecule has 0 bridgehead atoms. The first-order valence-corrected chi connectivity index (χ1v) is 4.45. The van der Waals surface area contributed by atoms with E-state index < -0.39 is 17.7 Å². The molecule has 1 unspecified atom stereocenters. The lowest BCUT2D eigenvalue weighted by atomic mass is 10.1.